The normalized spacial score (nSPS) is 16.3. The largest absolute Gasteiger partial charge is 0.372 e. The second-order valence-electron chi connectivity index (χ2n) is 7.67. The van der Waals surface area contributed by atoms with Crippen molar-refractivity contribution in [3.63, 3.8) is 0 Å². The molecule has 1 atom stereocenters. The number of aryl methyl sites for hydroxylation is 1. The number of hydrogen-bond donors (Lipinski definition) is 0. The van der Waals surface area contributed by atoms with Crippen LogP contribution >= 0.6 is 23.1 Å². The summed E-state index contributed by atoms with van der Waals surface area (Å²) in [6.07, 6.45) is 3.61. The molecular formula is C23H26N2O2S2. The fourth-order valence-corrected chi connectivity index (χ4v) is 5.62. The fourth-order valence-electron chi connectivity index (χ4n) is 3.70. The Morgan fingerprint density at radius 3 is 2.90 bits per heavy atom. The van der Waals surface area contributed by atoms with Crippen LogP contribution in [0.1, 0.15) is 29.9 Å². The highest BCUT2D eigenvalue weighted by atomic mass is 32.2. The van der Waals surface area contributed by atoms with E-state index in [0.717, 1.165) is 44.4 Å². The Morgan fingerprint density at radius 1 is 1.38 bits per heavy atom. The molecule has 4 nitrogen and oxygen atoms in total. The molecule has 1 aromatic carbocycles. The first-order valence-electron chi connectivity index (χ1n) is 10.0. The van der Waals surface area contributed by atoms with Crippen molar-refractivity contribution in [2.24, 2.45) is 5.92 Å². The highest BCUT2D eigenvalue weighted by molar-refractivity contribution is 7.99. The number of hydrogen-bond acceptors (Lipinski definition) is 5. The fraction of sp³-hybridized carbons (Fsp3) is 0.391. The Balaban J connectivity index is 1.77. The molecule has 3 heterocycles. The van der Waals surface area contributed by atoms with Crippen molar-refractivity contribution in [3.05, 3.63) is 69.3 Å². The lowest BCUT2D eigenvalue weighted by molar-refractivity contribution is 0.00200. The summed E-state index contributed by atoms with van der Waals surface area (Å²) in [6, 6.07) is 10.3. The number of aromatic nitrogens is 2. The van der Waals surface area contributed by atoms with Crippen LogP contribution in [0, 0.1) is 5.92 Å². The van der Waals surface area contributed by atoms with Gasteiger partial charge in [0.05, 0.1) is 18.1 Å². The van der Waals surface area contributed by atoms with Crippen LogP contribution < -0.4 is 5.56 Å². The molecule has 0 bridgehead atoms. The zero-order valence-electron chi connectivity index (χ0n) is 16.9. The van der Waals surface area contributed by atoms with E-state index in [1.54, 1.807) is 23.1 Å². The van der Waals surface area contributed by atoms with Gasteiger partial charge in [-0.05, 0) is 23.5 Å². The lowest BCUT2D eigenvalue weighted by Crippen LogP contribution is -2.29. The van der Waals surface area contributed by atoms with E-state index in [-0.39, 0.29) is 11.7 Å². The van der Waals surface area contributed by atoms with Crippen molar-refractivity contribution in [1.29, 1.82) is 0 Å². The Hall–Kier alpha value is -1.89. The summed E-state index contributed by atoms with van der Waals surface area (Å²) in [7, 11) is 0. The van der Waals surface area contributed by atoms with Gasteiger partial charge in [-0.3, -0.25) is 9.36 Å². The molecule has 0 saturated heterocycles. The average molecular weight is 427 g/mol. The molecule has 0 aliphatic carbocycles. The van der Waals surface area contributed by atoms with Gasteiger partial charge in [0, 0.05) is 23.6 Å². The van der Waals surface area contributed by atoms with Gasteiger partial charge in [-0.1, -0.05) is 62.0 Å². The lowest BCUT2D eigenvalue weighted by Gasteiger charge is -2.26. The minimum absolute atomic E-state index is 0.0828. The molecule has 0 amide bonds. The maximum Gasteiger partial charge on any atom is 0.263 e. The van der Waals surface area contributed by atoms with Crippen LogP contribution in [0.15, 0.2) is 52.9 Å². The Bertz CT molecular complexity index is 1070. The SMILES string of the molecule is C=CCSc1nc2sc3c(c2c(=O)n1CCc1ccccc1)C[C@H](C(C)C)OC3. The second kappa shape index (κ2) is 8.86. The van der Waals surface area contributed by atoms with Crippen molar-refractivity contribution in [3.8, 4) is 0 Å². The van der Waals surface area contributed by atoms with Gasteiger partial charge in [-0.15, -0.1) is 17.9 Å². The molecule has 0 spiro atoms. The van der Waals surface area contributed by atoms with E-state index in [4.69, 9.17) is 9.72 Å². The molecule has 6 heteroatoms. The molecule has 3 aromatic rings. The van der Waals surface area contributed by atoms with Crippen LogP contribution in [-0.4, -0.2) is 21.4 Å². The van der Waals surface area contributed by atoms with Gasteiger partial charge in [0.2, 0.25) is 0 Å². The summed E-state index contributed by atoms with van der Waals surface area (Å²) >= 11 is 3.18. The van der Waals surface area contributed by atoms with E-state index in [1.807, 2.05) is 28.8 Å². The zero-order chi connectivity index (χ0) is 20.4. The minimum Gasteiger partial charge on any atom is -0.372 e. The standard InChI is InChI=1S/C23H26N2O2S2/c1-4-12-28-23-24-21-20(17-13-18(15(2)3)27-14-19(17)29-21)22(26)25(23)11-10-16-8-6-5-7-9-16/h4-9,15,18H,1,10-14H2,2-3H3/t18-/m1/s1. The van der Waals surface area contributed by atoms with Gasteiger partial charge < -0.3 is 4.74 Å². The van der Waals surface area contributed by atoms with Crippen molar-refractivity contribution in [2.75, 3.05) is 5.75 Å². The van der Waals surface area contributed by atoms with Gasteiger partial charge in [-0.2, -0.15) is 0 Å². The van der Waals surface area contributed by atoms with Crippen molar-refractivity contribution >= 4 is 33.3 Å². The van der Waals surface area contributed by atoms with Gasteiger partial charge in [0.15, 0.2) is 5.16 Å². The van der Waals surface area contributed by atoms with E-state index in [1.165, 1.54) is 5.56 Å². The predicted octanol–water partition coefficient (Wildman–Crippen LogP) is 5.08. The third-order valence-corrected chi connectivity index (χ3v) is 7.41. The number of fused-ring (bicyclic) bond motifs is 3. The molecule has 0 fully saturated rings. The molecule has 1 aliphatic heterocycles. The van der Waals surface area contributed by atoms with Crippen molar-refractivity contribution in [2.45, 2.75) is 51.1 Å². The molecule has 2 aromatic heterocycles. The maximum absolute atomic E-state index is 13.6. The topological polar surface area (TPSA) is 44.1 Å². The molecule has 152 valence electrons. The Morgan fingerprint density at radius 2 is 2.17 bits per heavy atom. The minimum atomic E-state index is 0.0828. The van der Waals surface area contributed by atoms with Crippen molar-refractivity contribution in [1.82, 2.24) is 9.55 Å². The highest BCUT2D eigenvalue weighted by Gasteiger charge is 2.28. The van der Waals surface area contributed by atoms with Crippen molar-refractivity contribution < 1.29 is 4.74 Å². The molecule has 29 heavy (non-hydrogen) atoms. The monoisotopic (exact) mass is 426 g/mol. The van der Waals surface area contributed by atoms with Gasteiger partial charge in [0.25, 0.3) is 5.56 Å². The van der Waals surface area contributed by atoms with Crippen LogP contribution in [0.2, 0.25) is 0 Å². The highest BCUT2D eigenvalue weighted by Crippen LogP contribution is 2.35. The third kappa shape index (κ3) is 4.20. The van der Waals surface area contributed by atoms with E-state index in [2.05, 4.69) is 32.6 Å². The molecule has 4 rings (SSSR count). The van der Waals surface area contributed by atoms with Crippen LogP contribution in [0.4, 0.5) is 0 Å². The smallest absolute Gasteiger partial charge is 0.263 e. The maximum atomic E-state index is 13.6. The number of rotatable bonds is 7. The van der Waals surface area contributed by atoms with E-state index in [0.29, 0.717) is 19.1 Å². The molecule has 0 radical (unpaired) electrons. The van der Waals surface area contributed by atoms with E-state index in [9.17, 15) is 4.79 Å². The first kappa shape index (κ1) is 20.4. The first-order valence-corrected chi connectivity index (χ1v) is 11.8. The van der Waals surface area contributed by atoms with E-state index >= 15 is 0 Å². The number of thioether (sulfide) groups is 1. The summed E-state index contributed by atoms with van der Waals surface area (Å²) in [5.74, 6) is 1.15. The predicted molar refractivity (Wildman–Crippen MR) is 122 cm³/mol. The molecule has 0 N–H and O–H groups in total. The number of benzene rings is 1. The summed E-state index contributed by atoms with van der Waals surface area (Å²) in [6.45, 7) is 9.36. The molecule has 1 aliphatic rings. The summed E-state index contributed by atoms with van der Waals surface area (Å²) in [4.78, 5) is 20.5. The van der Waals surface area contributed by atoms with Crippen LogP contribution in [0.5, 0.6) is 0 Å². The lowest BCUT2D eigenvalue weighted by atomic mass is 9.96. The summed E-state index contributed by atoms with van der Waals surface area (Å²) in [5.41, 5.74) is 2.46. The quantitative estimate of drug-likeness (QED) is 0.300. The zero-order valence-corrected chi connectivity index (χ0v) is 18.5. The second-order valence-corrected chi connectivity index (χ2v) is 9.74. The summed E-state index contributed by atoms with van der Waals surface area (Å²) < 4.78 is 7.88. The number of thiophene rings is 1. The average Bonchev–Trinajstić information content (AvgIpc) is 3.10. The third-order valence-electron chi connectivity index (χ3n) is 5.33. The van der Waals surface area contributed by atoms with Gasteiger partial charge >= 0.3 is 0 Å². The van der Waals surface area contributed by atoms with Gasteiger partial charge in [-0.25, -0.2) is 4.98 Å². The van der Waals surface area contributed by atoms with Gasteiger partial charge in [0.1, 0.15) is 4.83 Å². The van der Waals surface area contributed by atoms with Crippen LogP contribution in [0.25, 0.3) is 10.2 Å². The molecule has 0 saturated carbocycles. The van der Waals surface area contributed by atoms with Crippen LogP contribution in [0.3, 0.4) is 0 Å². The Labute approximate surface area is 179 Å². The molecular weight excluding hydrogens is 400 g/mol. The number of ether oxygens (including phenoxy) is 1. The molecule has 0 unspecified atom stereocenters. The number of nitrogens with zero attached hydrogens (tertiary/aromatic N) is 2. The Kier molecular flexibility index (Phi) is 6.23. The van der Waals surface area contributed by atoms with Crippen LogP contribution in [-0.2, 0) is 30.7 Å². The van der Waals surface area contributed by atoms with E-state index < -0.39 is 0 Å². The first-order chi connectivity index (χ1) is 14.1. The summed E-state index contributed by atoms with van der Waals surface area (Å²) in [5, 5.41) is 1.58.